The van der Waals surface area contributed by atoms with Crippen LogP contribution >= 0.6 is 7.82 Å². The van der Waals surface area contributed by atoms with Gasteiger partial charge in [-0.15, -0.1) is 0 Å². The molecule has 1 saturated heterocycles. The van der Waals surface area contributed by atoms with Gasteiger partial charge in [0, 0.05) is 12.1 Å². The minimum atomic E-state index is -4.11. The zero-order valence-corrected chi connectivity index (χ0v) is 16.9. The van der Waals surface area contributed by atoms with Gasteiger partial charge in [0.2, 0.25) is 5.91 Å². The lowest BCUT2D eigenvalue weighted by molar-refractivity contribution is -0.158. The zero-order chi connectivity index (χ0) is 20.6. The van der Waals surface area contributed by atoms with Crippen LogP contribution in [-0.2, 0) is 13.9 Å². The number of β-lactam (4-membered cyclic amide) rings is 1. The van der Waals surface area contributed by atoms with E-state index < -0.39 is 19.8 Å². The Kier molecular flexibility index (Phi) is 5.11. The quantitative estimate of drug-likeness (QED) is 0.544. The van der Waals surface area contributed by atoms with Crippen LogP contribution in [0, 0.1) is 11.8 Å². The number of amides is 1. The SMILES string of the molecule is C[C@@H](O)[C@H]1C(=O)N2C=C(OP(=O)(Oc3ccccc3)Oc3ccccc3)[C@H](C)[C@@H]12. The molecule has 2 aromatic carbocycles. The summed E-state index contributed by atoms with van der Waals surface area (Å²) in [4.78, 5) is 13.8. The van der Waals surface area contributed by atoms with Crippen molar-refractivity contribution in [3.63, 3.8) is 0 Å². The summed E-state index contributed by atoms with van der Waals surface area (Å²) in [7, 11) is -4.11. The second-order valence-electron chi connectivity index (χ2n) is 7.17. The Morgan fingerprint density at radius 3 is 1.97 bits per heavy atom. The highest BCUT2D eigenvalue weighted by atomic mass is 31.2. The van der Waals surface area contributed by atoms with E-state index in [9.17, 15) is 14.5 Å². The standard InChI is InChI=1S/C21H22NO6P/c1-14-18(13-22-20(14)19(15(2)23)21(22)24)28-29(25,26-16-9-5-3-6-10-16)27-17-11-7-4-8-12-17/h3-15,19-20,23H,1-2H3/t14-,15+,19+,20-/m0/s1. The molecule has 0 unspecified atom stereocenters. The molecule has 0 saturated carbocycles. The summed E-state index contributed by atoms with van der Waals surface area (Å²) in [6, 6.07) is 17.0. The zero-order valence-electron chi connectivity index (χ0n) is 16.0. The van der Waals surface area contributed by atoms with Crippen molar-refractivity contribution < 1.29 is 28.0 Å². The van der Waals surface area contributed by atoms with Crippen LogP contribution in [0.1, 0.15) is 13.8 Å². The number of hydrogen-bond donors (Lipinski definition) is 1. The van der Waals surface area contributed by atoms with Gasteiger partial charge in [-0.25, -0.2) is 0 Å². The molecule has 152 valence electrons. The monoisotopic (exact) mass is 415 g/mol. The van der Waals surface area contributed by atoms with Crippen molar-refractivity contribution in [2.24, 2.45) is 11.8 Å². The number of phosphoric acid groups is 1. The summed E-state index contributed by atoms with van der Waals surface area (Å²) in [5.74, 6) is 0.0320. The van der Waals surface area contributed by atoms with Crippen molar-refractivity contribution in [2.45, 2.75) is 26.0 Å². The van der Waals surface area contributed by atoms with Gasteiger partial charge in [0.15, 0.2) is 0 Å². The largest absolute Gasteiger partial charge is 0.646 e. The molecule has 1 fully saturated rings. The number of rotatable bonds is 7. The van der Waals surface area contributed by atoms with Crippen LogP contribution in [0.15, 0.2) is 72.6 Å². The molecule has 1 N–H and O–H groups in total. The van der Waals surface area contributed by atoms with E-state index in [0.717, 1.165) is 0 Å². The molecule has 7 nitrogen and oxygen atoms in total. The van der Waals surface area contributed by atoms with Crippen LogP contribution in [0.5, 0.6) is 11.5 Å². The van der Waals surface area contributed by atoms with Crippen LogP contribution in [-0.4, -0.2) is 28.1 Å². The third-order valence-electron chi connectivity index (χ3n) is 5.11. The Hall–Kier alpha value is -2.76. The van der Waals surface area contributed by atoms with Crippen molar-refractivity contribution in [3.8, 4) is 11.5 Å². The molecule has 2 heterocycles. The first kappa shape index (κ1) is 19.6. The molecule has 2 aliphatic rings. The Morgan fingerprint density at radius 1 is 0.966 bits per heavy atom. The first-order chi connectivity index (χ1) is 13.9. The molecule has 0 radical (unpaired) electrons. The second kappa shape index (κ2) is 7.58. The van der Waals surface area contributed by atoms with Gasteiger partial charge in [-0.05, 0) is 31.2 Å². The molecule has 2 aliphatic heterocycles. The van der Waals surface area contributed by atoms with E-state index >= 15 is 0 Å². The predicted octanol–water partition coefficient (Wildman–Crippen LogP) is 3.97. The van der Waals surface area contributed by atoms with Crippen LogP contribution in [0.4, 0.5) is 0 Å². The average molecular weight is 415 g/mol. The molecule has 0 aromatic heterocycles. The van der Waals surface area contributed by atoms with Crippen LogP contribution in [0.3, 0.4) is 0 Å². The van der Waals surface area contributed by atoms with Crippen LogP contribution < -0.4 is 9.05 Å². The summed E-state index contributed by atoms with van der Waals surface area (Å²) in [6.07, 6.45) is 0.748. The fraction of sp³-hybridized carbons (Fsp3) is 0.286. The lowest BCUT2D eigenvalue weighted by Crippen LogP contribution is -2.61. The van der Waals surface area contributed by atoms with Gasteiger partial charge in [0.25, 0.3) is 0 Å². The van der Waals surface area contributed by atoms with E-state index in [0.29, 0.717) is 17.3 Å². The summed E-state index contributed by atoms with van der Waals surface area (Å²) in [6.45, 7) is 3.45. The van der Waals surface area contributed by atoms with Gasteiger partial charge in [0.05, 0.1) is 18.1 Å². The molecule has 1 amide bonds. The van der Waals surface area contributed by atoms with Crippen molar-refractivity contribution in [2.75, 3.05) is 0 Å². The van der Waals surface area contributed by atoms with Crippen LogP contribution in [0.25, 0.3) is 0 Å². The lowest BCUT2D eigenvalue weighted by atomic mass is 9.79. The van der Waals surface area contributed by atoms with Crippen molar-refractivity contribution in [1.29, 1.82) is 0 Å². The first-order valence-corrected chi connectivity index (χ1v) is 10.8. The number of nitrogens with zero attached hydrogens (tertiary/aromatic N) is 1. The van der Waals surface area contributed by atoms with E-state index in [2.05, 4.69) is 0 Å². The van der Waals surface area contributed by atoms with Crippen molar-refractivity contribution >= 4 is 13.7 Å². The lowest BCUT2D eigenvalue weighted by Gasteiger charge is -2.45. The Balaban J connectivity index is 1.59. The van der Waals surface area contributed by atoms with E-state index in [1.165, 1.54) is 11.1 Å². The normalized spacial score (nSPS) is 24.2. The topological polar surface area (TPSA) is 85.3 Å². The summed E-state index contributed by atoms with van der Waals surface area (Å²) in [5.41, 5.74) is 0. The Morgan fingerprint density at radius 2 is 1.48 bits per heavy atom. The highest BCUT2D eigenvalue weighted by molar-refractivity contribution is 7.49. The number of carbonyl (C=O) groups is 1. The minimum absolute atomic E-state index is 0.182. The molecule has 29 heavy (non-hydrogen) atoms. The number of aliphatic hydroxyl groups is 1. The highest BCUT2D eigenvalue weighted by Crippen LogP contribution is 2.55. The second-order valence-corrected chi connectivity index (χ2v) is 8.61. The number of aliphatic hydroxyl groups excluding tert-OH is 1. The average Bonchev–Trinajstić information content (AvgIpc) is 2.95. The molecule has 0 spiro atoms. The number of para-hydroxylation sites is 2. The van der Waals surface area contributed by atoms with E-state index in [1.54, 1.807) is 55.5 Å². The number of carbonyl (C=O) groups excluding carboxylic acids is 1. The fourth-order valence-electron chi connectivity index (χ4n) is 3.68. The van der Waals surface area contributed by atoms with Crippen molar-refractivity contribution in [1.82, 2.24) is 4.90 Å². The van der Waals surface area contributed by atoms with Gasteiger partial charge >= 0.3 is 7.82 Å². The van der Waals surface area contributed by atoms with Gasteiger partial charge in [-0.2, -0.15) is 4.57 Å². The van der Waals surface area contributed by atoms with E-state index in [1.807, 2.05) is 19.1 Å². The van der Waals surface area contributed by atoms with Gasteiger partial charge in [0.1, 0.15) is 17.3 Å². The number of hydrogen-bond acceptors (Lipinski definition) is 6. The van der Waals surface area contributed by atoms with Crippen LogP contribution in [0.2, 0.25) is 0 Å². The van der Waals surface area contributed by atoms with E-state index in [-0.39, 0.29) is 17.9 Å². The molecule has 8 heteroatoms. The predicted molar refractivity (Wildman–Crippen MR) is 106 cm³/mol. The minimum Gasteiger partial charge on any atom is -0.393 e. The number of phosphoric ester groups is 1. The maximum Gasteiger partial charge on any atom is 0.646 e. The van der Waals surface area contributed by atoms with Gasteiger partial charge < -0.3 is 23.6 Å². The third-order valence-corrected chi connectivity index (χ3v) is 6.42. The van der Waals surface area contributed by atoms with Gasteiger partial charge in [-0.1, -0.05) is 43.3 Å². The van der Waals surface area contributed by atoms with Gasteiger partial charge in [-0.3, -0.25) is 4.79 Å². The molecular formula is C21H22NO6P. The Bertz CT molecular complexity index is 916. The maximum absolute atomic E-state index is 13.5. The number of benzene rings is 2. The molecular weight excluding hydrogens is 393 g/mol. The Labute approximate surface area is 169 Å². The molecule has 0 bridgehead atoms. The molecule has 0 aliphatic carbocycles. The smallest absolute Gasteiger partial charge is 0.393 e. The van der Waals surface area contributed by atoms with E-state index in [4.69, 9.17) is 13.6 Å². The highest BCUT2D eigenvalue weighted by Gasteiger charge is 2.57. The first-order valence-electron chi connectivity index (χ1n) is 9.39. The molecule has 2 aromatic rings. The maximum atomic E-state index is 13.5. The summed E-state index contributed by atoms with van der Waals surface area (Å²) < 4.78 is 30.5. The molecule has 4 atom stereocenters. The third kappa shape index (κ3) is 3.76. The fourth-order valence-corrected chi connectivity index (χ4v) is 5.03. The summed E-state index contributed by atoms with van der Waals surface area (Å²) >= 11 is 0. The van der Waals surface area contributed by atoms with Crippen molar-refractivity contribution in [3.05, 3.63) is 72.6 Å². The number of fused-ring (bicyclic) bond motifs is 1. The molecule has 4 rings (SSSR count). The summed E-state index contributed by atoms with van der Waals surface area (Å²) in [5, 5.41) is 9.90.